The van der Waals surface area contributed by atoms with Crippen molar-refractivity contribution in [3.05, 3.63) is 40.5 Å². The van der Waals surface area contributed by atoms with Crippen LogP contribution in [0.25, 0.3) is 21.9 Å². The molecular formula is C19H18Cl2F3N3. The van der Waals surface area contributed by atoms with Gasteiger partial charge in [0, 0.05) is 41.1 Å². The first kappa shape index (κ1) is 18.8. The highest BCUT2D eigenvalue weighted by atomic mass is 35.5. The molecule has 1 saturated heterocycles. The first-order valence-corrected chi connectivity index (χ1v) is 9.61. The summed E-state index contributed by atoms with van der Waals surface area (Å²) in [4.78, 5) is 6.42. The SMILES string of the molecule is FC(F)(F)CCN1CCCC(n2c3ccc(Cl)cc3c3cc(Cl)cnc32)C1. The molecule has 0 radical (unpaired) electrons. The van der Waals surface area contributed by atoms with Crippen LogP contribution in [0.1, 0.15) is 25.3 Å². The van der Waals surface area contributed by atoms with Gasteiger partial charge in [-0.3, -0.25) is 0 Å². The van der Waals surface area contributed by atoms with Crippen molar-refractivity contribution < 1.29 is 13.2 Å². The van der Waals surface area contributed by atoms with Crippen molar-refractivity contribution in [2.45, 2.75) is 31.5 Å². The Morgan fingerprint density at radius 3 is 2.67 bits per heavy atom. The van der Waals surface area contributed by atoms with Crippen LogP contribution in [0.3, 0.4) is 0 Å². The van der Waals surface area contributed by atoms with E-state index in [1.807, 2.05) is 29.2 Å². The van der Waals surface area contributed by atoms with E-state index in [-0.39, 0.29) is 12.6 Å². The first-order chi connectivity index (χ1) is 12.8. The predicted molar refractivity (Wildman–Crippen MR) is 103 cm³/mol. The molecular weight excluding hydrogens is 398 g/mol. The third-order valence-electron chi connectivity index (χ3n) is 5.13. The molecule has 2 aromatic heterocycles. The fourth-order valence-corrected chi connectivity index (χ4v) is 4.30. The highest BCUT2D eigenvalue weighted by Crippen LogP contribution is 2.36. The van der Waals surface area contributed by atoms with Crippen LogP contribution in [-0.4, -0.2) is 40.3 Å². The number of nitrogens with zero attached hydrogens (tertiary/aromatic N) is 3. The van der Waals surface area contributed by atoms with Gasteiger partial charge in [-0.1, -0.05) is 23.2 Å². The topological polar surface area (TPSA) is 21.1 Å². The molecule has 8 heteroatoms. The smallest absolute Gasteiger partial charge is 0.321 e. The Balaban J connectivity index is 1.73. The lowest BCUT2D eigenvalue weighted by molar-refractivity contribution is -0.138. The molecule has 3 heterocycles. The summed E-state index contributed by atoms with van der Waals surface area (Å²) in [5, 5.41) is 3.03. The standard InChI is InChI=1S/C19H18Cl2F3N3/c20-12-3-4-17-15(8-12)16-9-13(21)10-25-18(16)27(17)14-2-1-6-26(11-14)7-5-19(22,23)24/h3-4,8-10,14H,1-2,5-7,11H2. The number of pyridine rings is 1. The van der Waals surface area contributed by atoms with Crippen LogP contribution in [-0.2, 0) is 0 Å². The number of alkyl halides is 3. The molecule has 3 aromatic rings. The molecule has 0 amide bonds. The van der Waals surface area contributed by atoms with Gasteiger partial charge in [0.15, 0.2) is 0 Å². The average molecular weight is 416 g/mol. The number of hydrogen-bond acceptors (Lipinski definition) is 2. The predicted octanol–water partition coefficient (Wildman–Crippen LogP) is 6.09. The Morgan fingerprint density at radius 2 is 1.89 bits per heavy atom. The van der Waals surface area contributed by atoms with Gasteiger partial charge in [-0.05, 0) is 43.7 Å². The molecule has 1 unspecified atom stereocenters. The Bertz CT molecular complexity index is 924. The van der Waals surface area contributed by atoms with E-state index < -0.39 is 12.6 Å². The van der Waals surface area contributed by atoms with Crippen molar-refractivity contribution >= 4 is 45.1 Å². The summed E-state index contributed by atoms with van der Waals surface area (Å²) < 4.78 is 40.0. The van der Waals surface area contributed by atoms with Gasteiger partial charge in [-0.2, -0.15) is 13.2 Å². The number of rotatable bonds is 3. The van der Waals surface area contributed by atoms with Crippen molar-refractivity contribution in [1.29, 1.82) is 0 Å². The number of piperidine rings is 1. The van der Waals surface area contributed by atoms with Gasteiger partial charge < -0.3 is 9.47 Å². The third kappa shape index (κ3) is 3.89. The minimum Gasteiger partial charge on any atom is -0.321 e. The van der Waals surface area contributed by atoms with Gasteiger partial charge in [0.2, 0.25) is 0 Å². The van der Waals surface area contributed by atoms with Crippen molar-refractivity contribution in [2.24, 2.45) is 0 Å². The Morgan fingerprint density at radius 1 is 1.11 bits per heavy atom. The van der Waals surface area contributed by atoms with Crippen LogP contribution in [0.15, 0.2) is 30.5 Å². The summed E-state index contributed by atoms with van der Waals surface area (Å²) in [6.45, 7) is 1.29. The zero-order valence-electron chi connectivity index (χ0n) is 14.4. The molecule has 1 aliphatic heterocycles. The summed E-state index contributed by atoms with van der Waals surface area (Å²) in [5.41, 5.74) is 1.77. The number of hydrogen-bond donors (Lipinski definition) is 0. The van der Waals surface area contributed by atoms with Crippen LogP contribution in [0.2, 0.25) is 10.0 Å². The van der Waals surface area contributed by atoms with Crippen molar-refractivity contribution in [2.75, 3.05) is 19.6 Å². The molecule has 4 rings (SSSR count). The maximum atomic E-state index is 12.6. The Labute approximate surface area is 164 Å². The minimum atomic E-state index is -4.13. The van der Waals surface area contributed by atoms with Crippen molar-refractivity contribution in [1.82, 2.24) is 14.5 Å². The molecule has 3 nitrogen and oxygen atoms in total. The fourth-order valence-electron chi connectivity index (χ4n) is 3.97. The van der Waals surface area contributed by atoms with Crippen LogP contribution in [0.4, 0.5) is 13.2 Å². The maximum Gasteiger partial charge on any atom is 0.390 e. The van der Waals surface area contributed by atoms with Gasteiger partial charge in [0.25, 0.3) is 0 Å². The van der Waals surface area contributed by atoms with E-state index in [1.54, 1.807) is 6.20 Å². The summed E-state index contributed by atoms with van der Waals surface area (Å²) in [6.07, 6.45) is -1.56. The highest BCUT2D eigenvalue weighted by Gasteiger charge is 2.30. The number of benzene rings is 1. The largest absolute Gasteiger partial charge is 0.390 e. The van der Waals surface area contributed by atoms with E-state index >= 15 is 0 Å². The van der Waals surface area contributed by atoms with Crippen LogP contribution < -0.4 is 0 Å². The molecule has 1 atom stereocenters. The molecule has 0 spiro atoms. The van der Waals surface area contributed by atoms with Crippen LogP contribution in [0, 0.1) is 0 Å². The highest BCUT2D eigenvalue weighted by molar-refractivity contribution is 6.33. The van der Waals surface area contributed by atoms with Gasteiger partial charge in [0.1, 0.15) is 5.65 Å². The van der Waals surface area contributed by atoms with Gasteiger partial charge in [-0.15, -0.1) is 0 Å². The second-order valence-corrected chi connectivity index (χ2v) is 7.89. The van der Waals surface area contributed by atoms with Gasteiger partial charge in [-0.25, -0.2) is 4.98 Å². The van der Waals surface area contributed by atoms with Gasteiger partial charge in [0.05, 0.1) is 17.0 Å². The summed E-state index contributed by atoms with van der Waals surface area (Å²) in [5.74, 6) is 0. The number of halogens is 5. The van der Waals surface area contributed by atoms with E-state index in [2.05, 4.69) is 9.55 Å². The normalized spacial score (nSPS) is 19.2. The monoisotopic (exact) mass is 415 g/mol. The quantitative estimate of drug-likeness (QED) is 0.516. The third-order valence-corrected chi connectivity index (χ3v) is 5.57. The van der Waals surface area contributed by atoms with E-state index in [1.165, 1.54) is 0 Å². The molecule has 0 aliphatic carbocycles. The Hall–Kier alpha value is -1.50. The van der Waals surface area contributed by atoms with Crippen molar-refractivity contribution in [3.8, 4) is 0 Å². The molecule has 1 aliphatic rings. The van der Waals surface area contributed by atoms with Crippen molar-refractivity contribution in [3.63, 3.8) is 0 Å². The van der Waals surface area contributed by atoms with Gasteiger partial charge >= 0.3 is 6.18 Å². The molecule has 0 bridgehead atoms. The van der Waals surface area contributed by atoms with E-state index in [4.69, 9.17) is 23.2 Å². The first-order valence-electron chi connectivity index (χ1n) is 8.85. The average Bonchev–Trinajstić information content (AvgIpc) is 2.93. The molecule has 1 fully saturated rings. The molecule has 1 aromatic carbocycles. The second kappa shape index (κ2) is 7.15. The lowest BCUT2D eigenvalue weighted by Gasteiger charge is -2.34. The molecule has 0 saturated carbocycles. The fraction of sp³-hybridized carbons (Fsp3) is 0.421. The van der Waals surface area contributed by atoms with Crippen LogP contribution >= 0.6 is 23.2 Å². The molecule has 144 valence electrons. The van der Waals surface area contributed by atoms with E-state index in [9.17, 15) is 13.2 Å². The number of likely N-dealkylation sites (tertiary alicyclic amines) is 1. The second-order valence-electron chi connectivity index (χ2n) is 7.02. The molecule has 27 heavy (non-hydrogen) atoms. The zero-order valence-corrected chi connectivity index (χ0v) is 16.0. The van der Waals surface area contributed by atoms with Crippen LogP contribution in [0.5, 0.6) is 0 Å². The van der Waals surface area contributed by atoms with E-state index in [0.29, 0.717) is 23.1 Å². The minimum absolute atomic E-state index is 0.0300. The summed E-state index contributed by atoms with van der Waals surface area (Å²) in [6, 6.07) is 7.58. The van der Waals surface area contributed by atoms with E-state index in [0.717, 1.165) is 34.8 Å². The lowest BCUT2D eigenvalue weighted by Crippen LogP contribution is -2.38. The summed E-state index contributed by atoms with van der Waals surface area (Å²) >= 11 is 12.3. The zero-order chi connectivity index (χ0) is 19.2. The number of fused-ring (bicyclic) bond motifs is 3. The summed E-state index contributed by atoms with van der Waals surface area (Å²) in [7, 11) is 0. The molecule has 0 N–H and O–H groups in total. The maximum absolute atomic E-state index is 12.6. The Kier molecular flexibility index (Phi) is 4.99. The lowest BCUT2D eigenvalue weighted by atomic mass is 10.0. The number of aromatic nitrogens is 2.